The smallest absolute Gasteiger partial charge is 0.259 e. The van der Waals surface area contributed by atoms with Gasteiger partial charge in [0, 0.05) is 18.1 Å². The summed E-state index contributed by atoms with van der Waals surface area (Å²) in [4.78, 5) is 17.5. The summed E-state index contributed by atoms with van der Waals surface area (Å²) in [5, 5.41) is 0. The number of halogens is 2. The molecule has 118 valence electrons. The second-order valence-corrected chi connectivity index (χ2v) is 9.14. The van der Waals surface area contributed by atoms with Gasteiger partial charge in [-0.05, 0) is 70.4 Å². The third kappa shape index (κ3) is 2.00. The van der Waals surface area contributed by atoms with Gasteiger partial charge in [0.1, 0.15) is 0 Å². The first-order valence-electron chi connectivity index (χ1n) is 8.37. The Balaban J connectivity index is 1.72. The summed E-state index contributed by atoms with van der Waals surface area (Å²) in [6.07, 6.45) is 6.55. The minimum atomic E-state index is -1.20. The van der Waals surface area contributed by atoms with Crippen LogP contribution in [0, 0.1) is 11.8 Å². The molecule has 0 spiro atoms. The van der Waals surface area contributed by atoms with E-state index in [0.29, 0.717) is 24.3 Å². The number of carbonyl (C=O) groups excluding carboxylic acids is 1. The van der Waals surface area contributed by atoms with Crippen LogP contribution in [0.4, 0.5) is 0 Å². The van der Waals surface area contributed by atoms with Crippen molar-refractivity contribution in [3.63, 3.8) is 0 Å². The zero-order valence-corrected chi connectivity index (χ0v) is 14.2. The molecule has 4 heterocycles. The van der Waals surface area contributed by atoms with Crippen LogP contribution in [0.15, 0.2) is 0 Å². The average Bonchev–Trinajstić information content (AvgIpc) is 2.47. The normalized spacial score (nSPS) is 46.0. The van der Waals surface area contributed by atoms with Crippen molar-refractivity contribution in [3.05, 3.63) is 0 Å². The second kappa shape index (κ2) is 4.75. The van der Waals surface area contributed by atoms with Crippen molar-refractivity contribution in [1.82, 2.24) is 9.80 Å². The first kappa shape index (κ1) is 14.6. The Bertz CT molecular complexity index is 467. The minimum absolute atomic E-state index is 0.0401. The molecule has 4 saturated heterocycles. The Labute approximate surface area is 136 Å². The number of amides is 1. The molecule has 0 aromatic carbocycles. The van der Waals surface area contributed by atoms with E-state index in [1.165, 1.54) is 38.8 Å². The molecule has 0 radical (unpaired) electrons. The lowest BCUT2D eigenvalue weighted by Gasteiger charge is -2.64. The van der Waals surface area contributed by atoms with Gasteiger partial charge in [0.15, 0.2) is 4.33 Å². The molecule has 0 aliphatic carbocycles. The molecule has 4 rings (SSSR count). The maximum atomic E-state index is 12.8. The van der Waals surface area contributed by atoms with Gasteiger partial charge in [-0.3, -0.25) is 9.69 Å². The van der Waals surface area contributed by atoms with Crippen molar-refractivity contribution in [2.45, 2.75) is 61.4 Å². The van der Waals surface area contributed by atoms with Crippen molar-refractivity contribution >= 4 is 29.1 Å². The van der Waals surface area contributed by atoms with Crippen molar-refractivity contribution in [2.75, 3.05) is 19.6 Å². The van der Waals surface area contributed by atoms with Gasteiger partial charge in [-0.15, -0.1) is 0 Å². The van der Waals surface area contributed by atoms with Crippen LogP contribution in [-0.2, 0) is 4.79 Å². The van der Waals surface area contributed by atoms with Crippen molar-refractivity contribution in [2.24, 2.45) is 11.8 Å². The Kier molecular flexibility index (Phi) is 3.30. The van der Waals surface area contributed by atoms with Gasteiger partial charge >= 0.3 is 0 Å². The van der Waals surface area contributed by atoms with E-state index in [2.05, 4.69) is 16.7 Å². The number of fused-ring (bicyclic) bond motifs is 2. The molecule has 0 bridgehead atoms. The summed E-state index contributed by atoms with van der Waals surface area (Å²) in [6, 6.07) is 0.680. The number of hydrogen-bond donors (Lipinski definition) is 0. The Morgan fingerprint density at radius 2 is 1.86 bits per heavy atom. The third-order valence-electron chi connectivity index (χ3n) is 6.63. The van der Waals surface area contributed by atoms with Gasteiger partial charge in [-0.2, -0.15) is 0 Å². The topological polar surface area (TPSA) is 23.6 Å². The highest BCUT2D eigenvalue weighted by Crippen LogP contribution is 2.53. The van der Waals surface area contributed by atoms with Crippen molar-refractivity contribution in [3.8, 4) is 0 Å². The van der Waals surface area contributed by atoms with E-state index in [0.717, 1.165) is 13.0 Å². The van der Waals surface area contributed by atoms with E-state index >= 15 is 0 Å². The van der Waals surface area contributed by atoms with E-state index in [4.69, 9.17) is 23.2 Å². The summed E-state index contributed by atoms with van der Waals surface area (Å²) in [7, 11) is 0. The largest absolute Gasteiger partial charge is 0.334 e. The SMILES string of the molecule is C[C@]12CCC(Cl)(Cl)C(=O)N1C[C@@H]1CCCN3CCC[C@H]2[C@H]13. The molecule has 0 unspecified atom stereocenters. The van der Waals surface area contributed by atoms with E-state index in [-0.39, 0.29) is 11.4 Å². The van der Waals surface area contributed by atoms with Gasteiger partial charge in [0.05, 0.1) is 0 Å². The molecular formula is C16H24Cl2N2O. The van der Waals surface area contributed by atoms with Gasteiger partial charge in [0.25, 0.3) is 5.91 Å². The summed E-state index contributed by atoms with van der Waals surface area (Å²) in [5.74, 6) is 1.17. The van der Waals surface area contributed by atoms with Crippen molar-refractivity contribution < 1.29 is 4.79 Å². The van der Waals surface area contributed by atoms with E-state index in [1.54, 1.807) is 0 Å². The number of nitrogens with zero attached hydrogens (tertiary/aromatic N) is 2. The molecule has 4 atom stereocenters. The van der Waals surface area contributed by atoms with Crippen LogP contribution < -0.4 is 0 Å². The Morgan fingerprint density at radius 1 is 1.14 bits per heavy atom. The molecule has 0 N–H and O–H groups in total. The van der Waals surface area contributed by atoms with Crippen LogP contribution in [0.1, 0.15) is 45.4 Å². The fourth-order valence-electron chi connectivity index (χ4n) is 5.57. The van der Waals surface area contributed by atoms with Crippen LogP contribution >= 0.6 is 23.2 Å². The molecule has 0 aromatic heterocycles. The number of rotatable bonds is 0. The zero-order valence-electron chi connectivity index (χ0n) is 12.7. The maximum absolute atomic E-state index is 12.8. The van der Waals surface area contributed by atoms with E-state index < -0.39 is 4.33 Å². The fourth-order valence-corrected chi connectivity index (χ4v) is 5.97. The number of hydrogen-bond acceptors (Lipinski definition) is 2. The molecule has 4 aliphatic rings. The predicted octanol–water partition coefficient (Wildman–Crippen LogP) is 3.05. The molecule has 0 saturated carbocycles. The van der Waals surface area contributed by atoms with Crippen LogP contribution in [0.25, 0.3) is 0 Å². The van der Waals surface area contributed by atoms with Crippen molar-refractivity contribution in [1.29, 1.82) is 0 Å². The molecule has 3 nitrogen and oxygen atoms in total. The molecule has 4 aliphatic heterocycles. The quantitative estimate of drug-likeness (QED) is 0.637. The molecule has 5 heteroatoms. The third-order valence-corrected chi connectivity index (χ3v) is 7.33. The average molecular weight is 331 g/mol. The predicted molar refractivity (Wildman–Crippen MR) is 84.6 cm³/mol. The highest BCUT2D eigenvalue weighted by atomic mass is 35.5. The van der Waals surface area contributed by atoms with Crippen LogP contribution in [-0.4, -0.2) is 51.3 Å². The van der Waals surface area contributed by atoms with Gasteiger partial charge < -0.3 is 4.90 Å². The number of piperidine rings is 4. The lowest BCUT2D eigenvalue weighted by atomic mass is 9.62. The lowest BCUT2D eigenvalue weighted by Crippen LogP contribution is -2.73. The fraction of sp³-hybridized carbons (Fsp3) is 0.938. The molecule has 21 heavy (non-hydrogen) atoms. The maximum Gasteiger partial charge on any atom is 0.259 e. The molecule has 1 amide bonds. The van der Waals surface area contributed by atoms with Gasteiger partial charge in [-0.1, -0.05) is 23.2 Å². The first-order valence-corrected chi connectivity index (χ1v) is 9.13. The number of alkyl halides is 2. The molecule has 0 aromatic rings. The highest BCUT2D eigenvalue weighted by Gasteiger charge is 2.60. The van der Waals surface area contributed by atoms with Gasteiger partial charge in [0.2, 0.25) is 0 Å². The Morgan fingerprint density at radius 3 is 2.62 bits per heavy atom. The monoisotopic (exact) mass is 330 g/mol. The van der Waals surface area contributed by atoms with Crippen LogP contribution in [0.2, 0.25) is 0 Å². The Hall–Kier alpha value is 0.01000. The first-order chi connectivity index (χ1) is 9.93. The second-order valence-electron chi connectivity index (χ2n) is 7.65. The zero-order chi connectivity index (χ0) is 14.8. The standard InChI is InChI=1S/C16H24Cl2N2O/c1-15-6-7-16(17,18)14(21)20(15)10-11-4-2-8-19-9-3-5-12(15)13(11)19/h11-13H,2-10H2,1H3/t11-,12-,13-,15+/m0/s1. The summed E-state index contributed by atoms with van der Waals surface area (Å²) in [5.41, 5.74) is -0.0401. The van der Waals surface area contributed by atoms with Gasteiger partial charge in [-0.25, -0.2) is 0 Å². The van der Waals surface area contributed by atoms with Crippen LogP contribution in [0.5, 0.6) is 0 Å². The minimum Gasteiger partial charge on any atom is -0.334 e. The highest BCUT2D eigenvalue weighted by molar-refractivity contribution is 6.58. The summed E-state index contributed by atoms with van der Waals surface area (Å²) in [6.45, 7) is 5.63. The lowest BCUT2D eigenvalue weighted by molar-refractivity contribution is -0.167. The number of carbonyl (C=O) groups is 1. The van der Waals surface area contributed by atoms with E-state index in [9.17, 15) is 4.79 Å². The summed E-state index contributed by atoms with van der Waals surface area (Å²) < 4.78 is -1.20. The van der Waals surface area contributed by atoms with Crippen LogP contribution in [0.3, 0.4) is 0 Å². The molecule has 4 fully saturated rings. The molecular weight excluding hydrogens is 307 g/mol. The summed E-state index contributed by atoms with van der Waals surface area (Å²) >= 11 is 12.6. The van der Waals surface area contributed by atoms with E-state index in [1.807, 2.05) is 0 Å².